The van der Waals surface area contributed by atoms with Crippen LogP contribution in [0.25, 0.3) is 0 Å². The smallest absolute Gasteiger partial charge is 0.182 e. The van der Waals surface area contributed by atoms with Crippen LogP contribution >= 0.6 is 50.7 Å². The molecule has 5 heteroatoms. The number of hydrogen-bond donors (Lipinski definition) is 0. The third kappa shape index (κ3) is 4.48. The standard InChI is InChI=1S/C10H12BrCl3O/c1-6(2)7(15)4-9(13)10(3,14)8(11)5-12/h4,8H,1,5H2,2-3H3/b9-4-. The molecule has 0 aliphatic rings. The van der Waals surface area contributed by atoms with E-state index in [1.54, 1.807) is 13.8 Å². The Labute approximate surface area is 114 Å². The van der Waals surface area contributed by atoms with E-state index in [0.717, 1.165) is 0 Å². The average molecular weight is 334 g/mol. The van der Waals surface area contributed by atoms with Gasteiger partial charge in [0.05, 0.1) is 9.70 Å². The minimum Gasteiger partial charge on any atom is -0.290 e. The van der Waals surface area contributed by atoms with Gasteiger partial charge >= 0.3 is 0 Å². The third-order valence-corrected chi connectivity index (χ3v) is 5.12. The van der Waals surface area contributed by atoms with Crippen molar-refractivity contribution < 1.29 is 4.79 Å². The lowest BCUT2D eigenvalue weighted by Gasteiger charge is -2.25. The molecule has 0 rings (SSSR count). The number of alkyl halides is 3. The summed E-state index contributed by atoms with van der Waals surface area (Å²) >= 11 is 21.1. The molecule has 0 amide bonds. The Balaban J connectivity index is 4.91. The first-order valence-corrected chi connectivity index (χ1v) is 6.40. The highest BCUT2D eigenvalue weighted by Gasteiger charge is 2.33. The number of hydrogen-bond acceptors (Lipinski definition) is 1. The number of ketones is 1. The lowest BCUT2D eigenvalue weighted by molar-refractivity contribution is -0.111. The van der Waals surface area contributed by atoms with Gasteiger partial charge in [-0.2, -0.15) is 0 Å². The van der Waals surface area contributed by atoms with Gasteiger partial charge in [0, 0.05) is 17.0 Å². The summed E-state index contributed by atoms with van der Waals surface area (Å²) in [6.45, 7) is 6.83. The first kappa shape index (κ1) is 15.5. The van der Waals surface area contributed by atoms with Crippen LogP contribution in [-0.2, 0) is 4.79 Å². The second-order valence-corrected chi connectivity index (χ2v) is 5.94. The predicted octanol–water partition coefficient (Wildman–Crippen LogP) is 4.25. The van der Waals surface area contributed by atoms with E-state index in [2.05, 4.69) is 22.5 Å². The zero-order chi connectivity index (χ0) is 12.2. The molecule has 0 aliphatic carbocycles. The van der Waals surface area contributed by atoms with Crippen molar-refractivity contribution in [3.05, 3.63) is 23.3 Å². The molecule has 86 valence electrons. The van der Waals surface area contributed by atoms with E-state index in [9.17, 15) is 4.79 Å². The van der Waals surface area contributed by atoms with Crippen molar-refractivity contribution in [3.63, 3.8) is 0 Å². The van der Waals surface area contributed by atoms with E-state index in [1.165, 1.54) is 6.08 Å². The topological polar surface area (TPSA) is 17.1 Å². The van der Waals surface area contributed by atoms with Gasteiger partial charge in [0.1, 0.15) is 0 Å². The van der Waals surface area contributed by atoms with E-state index in [-0.39, 0.29) is 15.6 Å². The summed E-state index contributed by atoms with van der Waals surface area (Å²) in [5.74, 6) is 0.0619. The Morgan fingerprint density at radius 2 is 2.13 bits per heavy atom. The summed E-state index contributed by atoms with van der Waals surface area (Å²) in [5.41, 5.74) is 0.414. The van der Waals surface area contributed by atoms with E-state index in [4.69, 9.17) is 34.8 Å². The molecule has 0 saturated carbocycles. The first-order valence-electron chi connectivity index (χ1n) is 4.20. The van der Waals surface area contributed by atoms with Gasteiger partial charge in [0.15, 0.2) is 5.78 Å². The molecule has 0 saturated heterocycles. The molecule has 0 aliphatic heterocycles. The SMILES string of the molecule is C=C(C)C(=O)/C=C(\Cl)C(C)(Cl)C(Br)CCl. The summed E-state index contributed by atoms with van der Waals surface area (Å²) in [5, 5.41) is 0.250. The Hall–Kier alpha value is 0.500. The molecule has 0 N–H and O–H groups in total. The van der Waals surface area contributed by atoms with Gasteiger partial charge in [-0.05, 0) is 19.4 Å². The second-order valence-electron chi connectivity index (χ2n) is 3.33. The Kier molecular flexibility index (Phi) is 6.50. The van der Waals surface area contributed by atoms with Gasteiger partial charge in [-0.3, -0.25) is 4.79 Å². The minimum absolute atomic E-state index is 0.213. The fraction of sp³-hybridized carbons (Fsp3) is 0.500. The Morgan fingerprint density at radius 3 is 2.47 bits per heavy atom. The zero-order valence-corrected chi connectivity index (χ0v) is 12.3. The number of carbonyl (C=O) groups excluding carboxylic acids is 1. The molecule has 0 radical (unpaired) electrons. The van der Waals surface area contributed by atoms with Gasteiger partial charge in [0.2, 0.25) is 0 Å². The van der Waals surface area contributed by atoms with Crippen LogP contribution in [0, 0.1) is 0 Å². The summed E-state index contributed by atoms with van der Waals surface area (Å²) in [6.07, 6.45) is 1.28. The maximum absolute atomic E-state index is 11.3. The lowest BCUT2D eigenvalue weighted by Crippen LogP contribution is -2.31. The second kappa shape index (κ2) is 6.29. The van der Waals surface area contributed by atoms with E-state index >= 15 is 0 Å². The van der Waals surface area contributed by atoms with Crippen molar-refractivity contribution in [2.24, 2.45) is 0 Å². The average Bonchev–Trinajstić information content (AvgIpc) is 2.15. The maximum atomic E-state index is 11.3. The van der Waals surface area contributed by atoms with Gasteiger partial charge in [-0.1, -0.05) is 34.1 Å². The molecule has 0 aromatic heterocycles. The quantitative estimate of drug-likeness (QED) is 0.542. The summed E-state index contributed by atoms with van der Waals surface area (Å²) in [4.78, 5) is 10.2. The molecule has 1 nitrogen and oxygen atoms in total. The number of rotatable bonds is 5. The van der Waals surface area contributed by atoms with Gasteiger partial charge in [0.25, 0.3) is 0 Å². The van der Waals surface area contributed by atoms with Gasteiger partial charge < -0.3 is 0 Å². The van der Waals surface area contributed by atoms with Crippen molar-refractivity contribution in [1.29, 1.82) is 0 Å². The van der Waals surface area contributed by atoms with Crippen molar-refractivity contribution in [1.82, 2.24) is 0 Å². The van der Waals surface area contributed by atoms with Crippen LogP contribution in [0.4, 0.5) is 0 Å². The minimum atomic E-state index is -0.894. The first-order chi connectivity index (χ1) is 6.73. The van der Waals surface area contributed by atoms with Crippen LogP contribution in [0.3, 0.4) is 0 Å². The molecule has 0 fully saturated rings. The van der Waals surface area contributed by atoms with Crippen LogP contribution in [0.2, 0.25) is 0 Å². The molecule has 0 aromatic carbocycles. The number of carbonyl (C=O) groups is 1. The normalized spacial score (nSPS) is 18.1. The maximum Gasteiger partial charge on any atom is 0.182 e. The van der Waals surface area contributed by atoms with E-state index in [1.807, 2.05) is 0 Å². The van der Waals surface area contributed by atoms with Crippen LogP contribution in [0.15, 0.2) is 23.3 Å². The summed E-state index contributed by atoms with van der Waals surface area (Å²) in [6, 6.07) is 0. The molecule has 0 heterocycles. The van der Waals surface area contributed by atoms with Crippen LogP contribution in [0.1, 0.15) is 13.8 Å². The number of halogens is 4. The predicted molar refractivity (Wildman–Crippen MR) is 71.5 cm³/mol. The molecular weight excluding hydrogens is 322 g/mol. The highest BCUT2D eigenvalue weighted by atomic mass is 79.9. The Bertz CT molecular complexity index is 297. The van der Waals surface area contributed by atoms with Crippen LogP contribution in [-0.4, -0.2) is 21.4 Å². The van der Waals surface area contributed by atoms with Crippen molar-refractivity contribution in [2.75, 3.05) is 5.88 Å². The van der Waals surface area contributed by atoms with Gasteiger partial charge in [-0.15, -0.1) is 23.2 Å². The number of allylic oxidation sites excluding steroid dienone is 3. The summed E-state index contributed by atoms with van der Waals surface area (Å²) in [7, 11) is 0. The van der Waals surface area contributed by atoms with Crippen molar-refractivity contribution in [2.45, 2.75) is 23.5 Å². The summed E-state index contributed by atoms with van der Waals surface area (Å²) < 4.78 is 0. The van der Waals surface area contributed by atoms with Crippen molar-refractivity contribution >= 4 is 56.5 Å². The molecule has 15 heavy (non-hydrogen) atoms. The van der Waals surface area contributed by atoms with Crippen LogP contribution in [0.5, 0.6) is 0 Å². The zero-order valence-electron chi connectivity index (χ0n) is 8.49. The molecule has 0 spiro atoms. The van der Waals surface area contributed by atoms with Gasteiger partial charge in [-0.25, -0.2) is 0 Å². The lowest BCUT2D eigenvalue weighted by atomic mass is 10.1. The highest BCUT2D eigenvalue weighted by molar-refractivity contribution is 9.09. The highest BCUT2D eigenvalue weighted by Crippen LogP contribution is 2.36. The van der Waals surface area contributed by atoms with Crippen molar-refractivity contribution in [3.8, 4) is 0 Å². The molecule has 0 aromatic rings. The van der Waals surface area contributed by atoms with E-state index < -0.39 is 4.87 Å². The Morgan fingerprint density at radius 1 is 1.67 bits per heavy atom. The molecule has 0 bridgehead atoms. The molecule has 2 unspecified atom stereocenters. The fourth-order valence-electron chi connectivity index (χ4n) is 0.674. The monoisotopic (exact) mass is 332 g/mol. The molecule has 2 atom stereocenters. The van der Waals surface area contributed by atoms with E-state index in [0.29, 0.717) is 11.5 Å². The van der Waals surface area contributed by atoms with Crippen LogP contribution < -0.4 is 0 Å². The fourth-order valence-corrected chi connectivity index (χ4v) is 1.80. The molecular formula is C10H12BrCl3O. The third-order valence-electron chi connectivity index (χ3n) is 1.87. The largest absolute Gasteiger partial charge is 0.290 e.